The average molecular weight is 379 g/mol. The number of nitrogens with zero attached hydrogens (tertiary/aromatic N) is 4. The van der Waals surface area contributed by atoms with Crippen molar-refractivity contribution in [3.63, 3.8) is 0 Å². The third-order valence-electron chi connectivity index (χ3n) is 4.18. The van der Waals surface area contributed by atoms with Crippen LogP contribution in [0, 0.1) is 13.8 Å². The van der Waals surface area contributed by atoms with E-state index in [1.165, 1.54) is 12.1 Å². The van der Waals surface area contributed by atoms with E-state index in [1.54, 1.807) is 4.68 Å². The first-order valence-corrected chi connectivity index (χ1v) is 7.95. The summed E-state index contributed by atoms with van der Waals surface area (Å²) in [5, 5.41) is 10.6. The van der Waals surface area contributed by atoms with Crippen molar-refractivity contribution in [1.29, 1.82) is 0 Å². The van der Waals surface area contributed by atoms with Crippen molar-refractivity contribution in [1.82, 2.24) is 25.2 Å². The monoisotopic (exact) mass is 379 g/mol. The molecule has 0 atom stereocenters. The average Bonchev–Trinajstić information content (AvgIpc) is 3.19. The largest absolute Gasteiger partial charge is 0.416 e. The van der Waals surface area contributed by atoms with Crippen LogP contribution in [-0.2, 0) is 19.8 Å². The lowest BCUT2D eigenvalue weighted by atomic mass is 10.1. The molecule has 0 radical (unpaired) electrons. The van der Waals surface area contributed by atoms with E-state index in [0.717, 1.165) is 29.1 Å². The lowest BCUT2D eigenvalue weighted by Gasteiger charge is -2.05. The number of hydrogen-bond donors (Lipinski definition) is 1. The van der Waals surface area contributed by atoms with E-state index in [0.29, 0.717) is 5.56 Å². The fourth-order valence-corrected chi connectivity index (χ4v) is 2.56. The summed E-state index contributed by atoms with van der Waals surface area (Å²) in [5.41, 5.74) is 2.13. The molecule has 142 valence electrons. The maximum atomic E-state index is 12.6. The Bertz CT molecular complexity index is 974. The highest BCUT2D eigenvalue weighted by Gasteiger charge is 2.30. The van der Waals surface area contributed by atoms with E-state index in [1.807, 2.05) is 20.9 Å². The number of halogens is 3. The van der Waals surface area contributed by atoms with Crippen molar-refractivity contribution in [2.75, 3.05) is 0 Å². The van der Waals surface area contributed by atoms with Crippen molar-refractivity contribution in [2.45, 2.75) is 26.6 Å². The second-order valence-electron chi connectivity index (χ2n) is 5.95. The number of aryl methyl sites for hydroxylation is 2. The molecule has 0 aliphatic rings. The first-order chi connectivity index (χ1) is 12.7. The molecule has 1 N–H and O–H groups in total. The Hall–Kier alpha value is -3.17. The number of aromatic nitrogens is 4. The molecule has 2 aromatic heterocycles. The zero-order valence-electron chi connectivity index (χ0n) is 14.8. The molecule has 3 rings (SSSR count). The lowest BCUT2D eigenvalue weighted by molar-refractivity contribution is -0.137. The van der Waals surface area contributed by atoms with Gasteiger partial charge in [0.25, 0.3) is 0 Å². The van der Waals surface area contributed by atoms with Gasteiger partial charge in [-0.15, -0.1) is 0 Å². The predicted molar refractivity (Wildman–Crippen MR) is 88.6 cm³/mol. The molecule has 27 heavy (non-hydrogen) atoms. The molecule has 0 aliphatic carbocycles. The van der Waals surface area contributed by atoms with Crippen LogP contribution in [0.25, 0.3) is 11.4 Å². The van der Waals surface area contributed by atoms with Crippen LogP contribution >= 0.6 is 0 Å². The molecule has 0 fully saturated rings. The third kappa shape index (κ3) is 3.83. The van der Waals surface area contributed by atoms with Gasteiger partial charge in [-0.2, -0.15) is 23.3 Å². The van der Waals surface area contributed by atoms with Crippen LogP contribution in [0.3, 0.4) is 0 Å². The molecular weight excluding hydrogens is 363 g/mol. The minimum atomic E-state index is -4.43. The van der Waals surface area contributed by atoms with Gasteiger partial charge in [-0.3, -0.25) is 9.48 Å². The molecule has 0 unspecified atom stereocenters. The van der Waals surface area contributed by atoms with Crippen molar-refractivity contribution in [3.05, 3.63) is 52.7 Å². The number of amides is 1. The SMILES string of the molecule is Cc1nn(C)c(C)c1CNC(=O)c1nc(-c2ccc(C(F)(F)F)cc2)no1. The van der Waals surface area contributed by atoms with E-state index in [2.05, 4.69) is 20.6 Å². The standard InChI is InChI=1S/C17H16F3N5O2/c1-9-13(10(2)25(3)23-9)8-21-15(26)16-22-14(24-27-16)11-4-6-12(7-5-11)17(18,19)20/h4-7H,8H2,1-3H3,(H,21,26). The maximum absolute atomic E-state index is 12.6. The molecule has 0 saturated carbocycles. The number of benzene rings is 1. The van der Waals surface area contributed by atoms with E-state index in [4.69, 9.17) is 4.52 Å². The molecule has 0 aliphatic heterocycles. The first kappa shape index (κ1) is 18.6. The minimum Gasteiger partial charge on any atom is -0.344 e. The van der Waals surface area contributed by atoms with E-state index in [-0.39, 0.29) is 18.3 Å². The summed E-state index contributed by atoms with van der Waals surface area (Å²) in [5.74, 6) is -0.824. The van der Waals surface area contributed by atoms with Gasteiger partial charge < -0.3 is 9.84 Å². The number of carbonyl (C=O) groups excluding carboxylic acids is 1. The van der Waals surface area contributed by atoms with Crippen molar-refractivity contribution < 1.29 is 22.5 Å². The second-order valence-corrected chi connectivity index (χ2v) is 5.95. The van der Waals surface area contributed by atoms with E-state index in [9.17, 15) is 18.0 Å². The molecule has 0 bridgehead atoms. The number of rotatable bonds is 4. The topological polar surface area (TPSA) is 85.8 Å². The van der Waals surface area contributed by atoms with Crippen molar-refractivity contribution in [2.24, 2.45) is 7.05 Å². The number of hydrogen-bond acceptors (Lipinski definition) is 5. The Labute approximate surface area is 152 Å². The number of alkyl halides is 3. The first-order valence-electron chi connectivity index (χ1n) is 7.95. The quantitative estimate of drug-likeness (QED) is 0.753. The van der Waals surface area contributed by atoms with Crippen LogP contribution in [0.5, 0.6) is 0 Å². The molecular formula is C17H16F3N5O2. The van der Waals surface area contributed by atoms with Crippen LogP contribution in [0.15, 0.2) is 28.8 Å². The number of carbonyl (C=O) groups is 1. The van der Waals surface area contributed by atoms with Gasteiger partial charge in [0.15, 0.2) is 0 Å². The number of nitrogens with one attached hydrogen (secondary N) is 1. The fourth-order valence-electron chi connectivity index (χ4n) is 2.56. The highest BCUT2D eigenvalue weighted by molar-refractivity contribution is 5.89. The van der Waals surface area contributed by atoms with Gasteiger partial charge in [-0.05, 0) is 26.0 Å². The second kappa shape index (κ2) is 6.86. The summed E-state index contributed by atoms with van der Waals surface area (Å²) in [6.07, 6.45) is -4.43. The molecule has 0 spiro atoms. The van der Waals surface area contributed by atoms with Gasteiger partial charge in [-0.25, -0.2) is 0 Å². The molecule has 10 heteroatoms. The van der Waals surface area contributed by atoms with Gasteiger partial charge in [0.1, 0.15) is 0 Å². The minimum absolute atomic E-state index is 0.0302. The van der Waals surface area contributed by atoms with Crippen LogP contribution in [0.1, 0.15) is 33.2 Å². The van der Waals surface area contributed by atoms with Crippen molar-refractivity contribution >= 4 is 5.91 Å². The molecule has 1 aromatic carbocycles. The van der Waals surface area contributed by atoms with Gasteiger partial charge in [0.2, 0.25) is 5.82 Å². The Balaban J connectivity index is 1.70. The normalized spacial score (nSPS) is 11.6. The molecule has 3 aromatic rings. The van der Waals surface area contributed by atoms with E-state index < -0.39 is 17.6 Å². The third-order valence-corrected chi connectivity index (χ3v) is 4.18. The van der Waals surface area contributed by atoms with Crippen LogP contribution in [0.4, 0.5) is 13.2 Å². The molecule has 7 nitrogen and oxygen atoms in total. The highest BCUT2D eigenvalue weighted by Crippen LogP contribution is 2.30. The smallest absolute Gasteiger partial charge is 0.344 e. The zero-order chi connectivity index (χ0) is 19.8. The highest BCUT2D eigenvalue weighted by atomic mass is 19.4. The Morgan fingerprint density at radius 2 is 1.89 bits per heavy atom. The van der Waals surface area contributed by atoms with E-state index >= 15 is 0 Å². The predicted octanol–water partition coefficient (Wildman–Crippen LogP) is 3.04. The Morgan fingerprint density at radius 1 is 1.22 bits per heavy atom. The summed E-state index contributed by atoms with van der Waals surface area (Å²) in [6.45, 7) is 3.96. The Morgan fingerprint density at radius 3 is 2.44 bits per heavy atom. The summed E-state index contributed by atoms with van der Waals surface area (Å²) in [6, 6.07) is 4.27. The lowest BCUT2D eigenvalue weighted by Crippen LogP contribution is -2.23. The summed E-state index contributed by atoms with van der Waals surface area (Å²) in [4.78, 5) is 16.1. The molecule has 0 saturated heterocycles. The van der Waals surface area contributed by atoms with Crippen LogP contribution in [0.2, 0.25) is 0 Å². The van der Waals surface area contributed by atoms with Gasteiger partial charge in [0, 0.05) is 30.4 Å². The molecule has 1 amide bonds. The Kier molecular flexibility index (Phi) is 4.73. The van der Waals surface area contributed by atoms with Crippen LogP contribution in [-0.4, -0.2) is 25.8 Å². The van der Waals surface area contributed by atoms with Crippen LogP contribution < -0.4 is 5.32 Å². The summed E-state index contributed by atoms with van der Waals surface area (Å²) in [7, 11) is 1.81. The van der Waals surface area contributed by atoms with Gasteiger partial charge in [0.05, 0.1) is 11.3 Å². The van der Waals surface area contributed by atoms with Gasteiger partial charge >= 0.3 is 18.0 Å². The maximum Gasteiger partial charge on any atom is 0.416 e. The summed E-state index contributed by atoms with van der Waals surface area (Å²) < 4.78 is 44.4. The summed E-state index contributed by atoms with van der Waals surface area (Å²) >= 11 is 0. The fraction of sp³-hybridized carbons (Fsp3) is 0.294. The van der Waals surface area contributed by atoms with Crippen molar-refractivity contribution in [3.8, 4) is 11.4 Å². The zero-order valence-corrected chi connectivity index (χ0v) is 14.8. The molecule has 2 heterocycles. The van der Waals surface area contributed by atoms with Gasteiger partial charge in [-0.1, -0.05) is 17.3 Å².